The third-order valence-corrected chi connectivity index (χ3v) is 1.48. The van der Waals surface area contributed by atoms with Crippen molar-refractivity contribution in [1.82, 2.24) is 0 Å². The minimum Gasteiger partial charge on any atom is -0.373 e. The normalized spacial score (nSPS) is 40.4. The van der Waals surface area contributed by atoms with Crippen molar-refractivity contribution in [3.63, 3.8) is 0 Å². The number of rotatable bonds is 2. The third-order valence-electron chi connectivity index (χ3n) is 1.48. The maximum absolute atomic E-state index is 9.06. The summed E-state index contributed by atoms with van der Waals surface area (Å²) in [6.07, 6.45) is -0.496. The standard InChI is InChI=1S/C6H11BO3/c1-2-9-4-3-5(7)10-6(4)8/h4-6,8H,2-3H2,1H3/t4-,5+,6-/m0/s1. The van der Waals surface area contributed by atoms with E-state index in [2.05, 4.69) is 0 Å². The van der Waals surface area contributed by atoms with Gasteiger partial charge in [0.15, 0.2) is 6.29 Å². The first-order valence-electron chi connectivity index (χ1n) is 3.44. The predicted octanol–water partition coefficient (Wildman–Crippen LogP) is -0.375. The van der Waals surface area contributed by atoms with Gasteiger partial charge < -0.3 is 14.6 Å². The Morgan fingerprint density at radius 3 is 2.90 bits per heavy atom. The highest BCUT2D eigenvalue weighted by Gasteiger charge is 2.30. The fraction of sp³-hybridized carbons (Fsp3) is 1.00. The minimum absolute atomic E-state index is 0.236. The molecular formula is C6H11BO3. The van der Waals surface area contributed by atoms with Crippen LogP contribution in [0.25, 0.3) is 0 Å². The molecule has 56 valence electrons. The molecule has 10 heavy (non-hydrogen) atoms. The lowest BCUT2D eigenvalue weighted by Crippen LogP contribution is -2.23. The topological polar surface area (TPSA) is 38.7 Å². The second-order valence-corrected chi connectivity index (χ2v) is 2.29. The van der Waals surface area contributed by atoms with Crippen molar-refractivity contribution in [2.45, 2.75) is 31.7 Å². The van der Waals surface area contributed by atoms with Crippen LogP contribution >= 0.6 is 0 Å². The first-order chi connectivity index (χ1) is 4.74. The van der Waals surface area contributed by atoms with Gasteiger partial charge in [-0.3, -0.25) is 0 Å². The van der Waals surface area contributed by atoms with E-state index >= 15 is 0 Å². The molecule has 4 heteroatoms. The van der Waals surface area contributed by atoms with Crippen molar-refractivity contribution in [1.29, 1.82) is 0 Å². The minimum atomic E-state index is -0.838. The van der Waals surface area contributed by atoms with E-state index in [1.54, 1.807) is 0 Å². The van der Waals surface area contributed by atoms with Crippen LogP contribution in [0.4, 0.5) is 0 Å². The molecule has 2 radical (unpaired) electrons. The van der Waals surface area contributed by atoms with Gasteiger partial charge in [0.1, 0.15) is 14.0 Å². The molecule has 3 atom stereocenters. The van der Waals surface area contributed by atoms with Gasteiger partial charge in [-0.2, -0.15) is 0 Å². The molecule has 1 fully saturated rings. The molecule has 0 amide bonds. The van der Waals surface area contributed by atoms with Gasteiger partial charge in [-0.25, -0.2) is 0 Å². The SMILES string of the molecule is [B][C@H]1C[C@H](OCC)[C@@H](O)O1. The third kappa shape index (κ3) is 1.72. The maximum atomic E-state index is 9.06. The molecule has 1 saturated heterocycles. The van der Waals surface area contributed by atoms with Crippen LogP contribution in [-0.2, 0) is 9.47 Å². The molecule has 0 bridgehead atoms. The van der Waals surface area contributed by atoms with Crippen LogP contribution in [0.1, 0.15) is 13.3 Å². The van der Waals surface area contributed by atoms with E-state index in [0.29, 0.717) is 13.0 Å². The molecule has 0 saturated carbocycles. The van der Waals surface area contributed by atoms with Gasteiger partial charge in [0.2, 0.25) is 0 Å². The lowest BCUT2D eigenvalue weighted by Gasteiger charge is -2.11. The molecule has 3 nitrogen and oxygen atoms in total. The largest absolute Gasteiger partial charge is 0.373 e. The highest BCUT2D eigenvalue weighted by molar-refractivity contribution is 6.11. The van der Waals surface area contributed by atoms with Crippen molar-refractivity contribution in [3.8, 4) is 0 Å². The Morgan fingerprint density at radius 1 is 1.80 bits per heavy atom. The Bertz CT molecular complexity index is 109. The van der Waals surface area contributed by atoms with Gasteiger partial charge in [-0.15, -0.1) is 0 Å². The first-order valence-corrected chi connectivity index (χ1v) is 3.44. The molecule has 0 aromatic carbocycles. The quantitative estimate of drug-likeness (QED) is 0.534. The summed E-state index contributed by atoms with van der Waals surface area (Å²) in [5.41, 5.74) is 0. The van der Waals surface area contributed by atoms with Gasteiger partial charge in [0, 0.05) is 12.6 Å². The van der Waals surface area contributed by atoms with Crippen LogP contribution < -0.4 is 0 Å². The average Bonchev–Trinajstić information content (AvgIpc) is 2.13. The number of ether oxygens (including phenoxy) is 2. The second kappa shape index (κ2) is 3.37. The number of hydrogen-bond acceptors (Lipinski definition) is 3. The monoisotopic (exact) mass is 142 g/mol. The predicted molar refractivity (Wildman–Crippen MR) is 36.7 cm³/mol. The van der Waals surface area contributed by atoms with Crippen LogP contribution in [0.5, 0.6) is 0 Å². The van der Waals surface area contributed by atoms with Gasteiger partial charge in [0.25, 0.3) is 0 Å². The van der Waals surface area contributed by atoms with E-state index in [1.165, 1.54) is 0 Å². The van der Waals surface area contributed by atoms with E-state index in [-0.39, 0.29) is 12.1 Å². The first kappa shape index (κ1) is 8.05. The van der Waals surface area contributed by atoms with Crippen LogP contribution in [0.3, 0.4) is 0 Å². The zero-order valence-electron chi connectivity index (χ0n) is 5.99. The van der Waals surface area contributed by atoms with Crippen LogP contribution in [0.15, 0.2) is 0 Å². The summed E-state index contributed by atoms with van der Waals surface area (Å²) >= 11 is 0. The zero-order chi connectivity index (χ0) is 7.56. The Labute approximate surface area is 61.7 Å². The number of aliphatic hydroxyl groups excluding tert-OH is 1. The molecule has 1 N–H and O–H groups in total. The van der Waals surface area contributed by atoms with Crippen molar-refractivity contribution >= 4 is 7.85 Å². The van der Waals surface area contributed by atoms with Crippen LogP contribution in [-0.4, -0.2) is 38.0 Å². The second-order valence-electron chi connectivity index (χ2n) is 2.29. The molecule has 0 aromatic rings. The maximum Gasteiger partial charge on any atom is 0.180 e. The Balaban J connectivity index is 2.31. The van der Waals surface area contributed by atoms with Crippen LogP contribution in [0.2, 0.25) is 0 Å². The Hall–Kier alpha value is -0.0551. The summed E-state index contributed by atoms with van der Waals surface area (Å²) in [6, 6.07) is -0.369. The lowest BCUT2D eigenvalue weighted by atomic mass is 9.97. The summed E-state index contributed by atoms with van der Waals surface area (Å²) in [7, 11) is 5.38. The van der Waals surface area contributed by atoms with E-state index < -0.39 is 6.29 Å². The zero-order valence-corrected chi connectivity index (χ0v) is 5.99. The molecule has 0 aliphatic carbocycles. The van der Waals surface area contributed by atoms with Gasteiger partial charge >= 0.3 is 0 Å². The summed E-state index contributed by atoms with van der Waals surface area (Å²) in [6.45, 7) is 2.45. The summed E-state index contributed by atoms with van der Waals surface area (Å²) in [4.78, 5) is 0. The summed E-state index contributed by atoms with van der Waals surface area (Å²) in [5.74, 6) is 0. The molecule has 0 aromatic heterocycles. The molecular weight excluding hydrogens is 131 g/mol. The van der Waals surface area contributed by atoms with Gasteiger partial charge in [-0.1, -0.05) is 0 Å². The van der Waals surface area contributed by atoms with E-state index in [9.17, 15) is 0 Å². The van der Waals surface area contributed by atoms with Crippen LogP contribution in [0, 0.1) is 0 Å². The summed E-state index contributed by atoms with van der Waals surface area (Å²) < 4.78 is 9.97. The lowest BCUT2D eigenvalue weighted by molar-refractivity contribution is -0.130. The Kier molecular flexibility index (Phi) is 2.71. The average molecular weight is 142 g/mol. The molecule has 1 aliphatic rings. The molecule has 1 heterocycles. The molecule has 0 unspecified atom stereocenters. The highest BCUT2D eigenvalue weighted by atomic mass is 16.6. The Morgan fingerprint density at radius 2 is 2.50 bits per heavy atom. The van der Waals surface area contributed by atoms with E-state index in [4.69, 9.17) is 22.4 Å². The molecule has 1 aliphatic heterocycles. The molecule has 1 rings (SSSR count). The van der Waals surface area contributed by atoms with Crippen molar-refractivity contribution in [2.24, 2.45) is 0 Å². The fourth-order valence-corrected chi connectivity index (χ4v) is 1.03. The smallest absolute Gasteiger partial charge is 0.180 e. The number of hydrogen-bond donors (Lipinski definition) is 1. The van der Waals surface area contributed by atoms with E-state index in [0.717, 1.165) is 0 Å². The highest BCUT2D eigenvalue weighted by Crippen LogP contribution is 2.18. The van der Waals surface area contributed by atoms with Crippen molar-refractivity contribution < 1.29 is 14.6 Å². The fourth-order valence-electron chi connectivity index (χ4n) is 1.03. The van der Waals surface area contributed by atoms with Crippen molar-refractivity contribution in [3.05, 3.63) is 0 Å². The molecule has 0 spiro atoms. The van der Waals surface area contributed by atoms with Crippen molar-refractivity contribution in [2.75, 3.05) is 6.61 Å². The number of aliphatic hydroxyl groups is 1. The van der Waals surface area contributed by atoms with Gasteiger partial charge in [-0.05, 0) is 13.3 Å². The summed E-state index contributed by atoms with van der Waals surface area (Å²) in [5, 5.41) is 9.06. The van der Waals surface area contributed by atoms with Gasteiger partial charge in [0.05, 0.1) is 0 Å². The van der Waals surface area contributed by atoms with E-state index in [1.807, 2.05) is 6.92 Å².